The molecule has 1 atom stereocenters. The van der Waals surface area contributed by atoms with E-state index in [0.717, 1.165) is 0 Å². The summed E-state index contributed by atoms with van der Waals surface area (Å²) in [6, 6.07) is 0. The molecule has 11 heavy (non-hydrogen) atoms. The van der Waals surface area contributed by atoms with Crippen LogP contribution in [-0.4, -0.2) is 23.7 Å². The van der Waals surface area contributed by atoms with Gasteiger partial charge in [0.25, 0.3) is 0 Å². The number of nitrogens with two attached hydrogens (primary N) is 1. The summed E-state index contributed by atoms with van der Waals surface area (Å²) in [5, 5.41) is 9.19. The van der Waals surface area contributed by atoms with Crippen LogP contribution >= 0.6 is 0 Å². The Kier molecular flexibility index (Phi) is 2.44. The second kappa shape index (κ2) is 3.03. The fourth-order valence-corrected chi connectivity index (χ4v) is 1.39. The molecule has 4 heteroatoms. The molecule has 0 bridgehead atoms. The molecule has 0 saturated heterocycles. The summed E-state index contributed by atoms with van der Waals surface area (Å²) in [5.74, 6) is -2.76. The Morgan fingerprint density at radius 2 is 2.09 bits per heavy atom. The van der Waals surface area contributed by atoms with Gasteiger partial charge in [-0.2, -0.15) is 0 Å². The van der Waals surface area contributed by atoms with Gasteiger partial charge in [0.1, 0.15) is 0 Å². The Balaban J connectivity index is 2.21. The van der Waals surface area contributed by atoms with E-state index in [4.69, 9.17) is 5.73 Å². The van der Waals surface area contributed by atoms with Crippen LogP contribution in [0.15, 0.2) is 0 Å². The number of hydrogen-bond donors (Lipinski definition) is 2. The van der Waals surface area contributed by atoms with Crippen molar-refractivity contribution in [1.29, 1.82) is 0 Å². The molecule has 0 aliphatic heterocycles. The number of alkyl halides is 2. The van der Waals surface area contributed by atoms with Gasteiger partial charge in [0, 0.05) is 12.8 Å². The maximum atomic E-state index is 12.2. The third-order valence-electron chi connectivity index (χ3n) is 2.13. The van der Waals surface area contributed by atoms with E-state index < -0.39 is 12.0 Å². The SMILES string of the molecule is NCCC(O)C1CC(F)(F)C1. The Bertz CT molecular complexity index is 132. The molecule has 66 valence electrons. The molecule has 1 aliphatic rings. The van der Waals surface area contributed by atoms with Crippen molar-refractivity contribution in [2.24, 2.45) is 11.7 Å². The van der Waals surface area contributed by atoms with Gasteiger partial charge in [-0.15, -0.1) is 0 Å². The number of rotatable bonds is 3. The Morgan fingerprint density at radius 1 is 1.55 bits per heavy atom. The second-order valence-electron chi connectivity index (χ2n) is 3.17. The summed E-state index contributed by atoms with van der Waals surface area (Å²) in [4.78, 5) is 0. The van der Waals surface area contributed by atoms with Gasteiger partial charge in [-0.3, -0.25) is 0 Å². The number of hydrogen-bond acceptors (Lipinski definition) is 2. The van der Waals surface area contributed by atoms with Crippen molar-refractivity contribution in [3.05, 3.63) is 0 Å². The molecule has 2 nitrogen and oxygen atoms in total. The Morgan fingerprint density at radius 3 is 2.45 bits per heavy atom. The van der Waals surface area contributed by atoms with Crippen molar-refractivity contribution >= 4 is 0 Å². The second-order valence-corrected chi connectivity index (χ2v) is 3.17. The molecule has 0 amide bonds. The van der Waals surface area contributed by atoms with Gasteiger partial charge in [-0.25, -0.2) is 8.78 Å². The van der Waals surface area contributed by atoms with Crippen LogP contribution in [0.3, 0.4) is 0 Å². The summed E-state index contributed by atoms with van der Waals surface area (Å²) in [5.41, 5.74) is 5.17. The molecular formula is C7H13F2NO. The summed E-state index contributed by atoms with van der Waals surface area (Å²) in [7, 11) is 0. The molecule has 0 aromatic heterocycles. The predicted octanol–water partition coefficient (Wildman–Crippen LogP) is 0.741. The quantitative estimate of drug-likeness (QED) is 0.648. The first-order chi connectivity index (χ1) is 5.05. The summed E-state index contributed by atoms with van der Waals surface area (Å²) >= 11 is 0. The van der Waals surface area contributed by atoms with E-state index in [0.29, 0.717) is 13.0 Å². The van der Waals surface area contributed by atoms with E-state index >= 15 is 0 Å². The zero-order valence-electron chi connectivity index (χ0n) is 6.26. The monoisotopic (exact) mass is 165 g/mol. The van der Waals surface area contributed by atoms with Crippen LogP contribution in [0.25, 0.3) is 0 Å². The van der Waals surface area contributed by atoms with Gasteiger partial charge in [-0.05, 0) is 18.9 Å². The molecule has 0 radical (unpaired) electrons. The van der Waals surface area contributed by atoms with Crippen LogP contribution in [0.5, 0.6) is 0 Å². The fourth-order valence-electron chi connectivity index (χ4n) is 1.39. The highest BCUT2D eigenvalue weighted by Gasteiger charge is 2.47. The van der Waals surface area contributed by atoms with Crippen molar-refractivity contribution in [3.63, 3.8) is 0 Å². The van der Waals surface area contributed by atoms with Gasteiger partial charge in [0.05, 0.1) is 6.10 Å². The molecule has 1 fully saturated rings. The van der Waals surface area contributed by atoms with Gasteiger partial charge in [0.15, 0.2) is 0 Å². The molecule has 3 N–H and O–H groups in total. The highest BCUT2D eigenvalue weighted by molar-refractivity contribution is 4.89. The molecule has 1 saturated carbocycles. The van der Waals surface area contributed by atoms with Gasteiger partial charge in [-0.1, -0.05) is 0 Å². The van der Waals surface area contributed by atoms with Crippen LogP contribution in [-0.2, 0) is 0 Å². The van der Waals surface area contributed by atoms with E-state index in [-0.39, 0.29) is 18.8 Å². The zero-order valence-corrected chi connectivity index (χ0v) is 6.26. The fraction of sp³-hybridized carbons (Fsp3) is 1.00. The van der Waals surface area contributed by atoms with E-state index in [2.05, 4.69) is 0 Å². The number of halogens is 2. The first-order valence-corrected chi connectivity index (χ1v) is 3.81. The minimum atomic E-state index is -2.53. The molecule has 1 unspecified atom stereocenters. The standard InChI is InChI=1S/C7H13F2NO/c8-7(9)3-5(4-7)6(11)1-2-10/h5-6,11H,1-4,10H2. The molecule has 1 aliphatic carbocycles. The zero-order chi connectivity index (χ0) is 8.48. The smallest absolute Gasteiger partial charge is 0.248 e. The van der Waals surface area contributed by atoms with Gasteiger partial charge < -0.3 is 10.8 Å². The van der Waals surface area contributed by atoms with Crippen LogP contribution in [0.1, 0.15) is 19.3 Å². The lowest BCUT2D eigenvalue weighted by atomic mass is 9.77. The lowest BCUT2D eigenvalue weighted by Gasteiger charge is -2.37. The van der Waals surface area contributed by atoms with E-state index in [9.17, 15) is 13.9 Å². The molecule has 0 aromatic carbocycles. The van der Waals surface area contributed by atoms with E-state index in [1.807, 2.05) is 0 Å². The Labute approximate surface area is 64.4 Å². The maximum absolute atomic E-state index is 12.2. The third-order valence-corrected chi connectivity index (χ3v) is 2.13. The summed E-state index contributed by atoms with van der Waals surface area (Å²) in [6.07, 6.45) is -0.539. The predicted molar refractivity (Wildman–Crippen MR) is 37.3 cm³/mol. The summed E-state index contributed by atoms with van der Waals surface area (Å²) in [6.45, 7) is 0.364. The lowest BCUT2D eigenvalue weighted by Crippen LogP contribution is -2.42. The average molecular weight is 165 g/mol. The van der Waals surface area contributed by atoms with E-state index in [1.54, 1.807) is 0 Å². The minimum absolute atomic E-state index is 0.172. The minimum Gasteiger partial charge on any atom is -0.393 e. The molecular weight excluding hydrogens is 152 g/mol. The maximum Gasteiger partial charge on any atom is 0.248 e. The number of aliphatic hydroxyl groups excluding tert-OH is 1. The van der Waals surface area contributed by atoms with Gasteiger partial charge >= 0.3 is 0 Å². The highest BCUT2D eigenvalue weighted by Crippen LogP contribution is 2.44. The van der Waals surface area contributed by atoms with E-state index in [1.165, 1.54) is 0 Å². The third kappa shape index (κ3) is 2.10. The Hall–Kier alpha value is -0.220. The number of aliphatic hydroxyl groups is 1. The van der Waals surface area contributed by atoms with Crippen molar-refractivity contribution in [3.8, 4) is 0 Å². The van der Waals surface area contributed by atoms with Crippen LogP contribution < -0.4 is 5.73 Å². The highest BCUT2D eigenvalue weighted by atomic mass is 19.3. The van der Waals surface area contributed by atoms with Crippen molar-refractivity contribution in [2.45, 2.75) is 31.3 Å². The molecule has 0 spiro atoms. The normalized spacial score (nSPS) is 26.2. The van der Waals surface area contributed by atoms with Gasteiger partial charge in [0.2, 0.25) is 5.92 Å². The van der Waals surface area contributed by atoms with Crippen LogP contribution in [0.2, 0.25) is 0 Å². The lowest BCUT2D eigenvalue weighted by molar-refractivity contribution is -0.141. The van der Waals surface area contributed by atoms with Crippen molar-refractivity contribution in [2.75, 3.05) is 6.54 Å². The van der Waals surface area contributed by atoms with Crippen LogP contribution in [0.4, 0.5) is 8.78 Å². The first-order valence-electron chi connectivity index (χ1n) is 3.81. The summed E-state index contributed by atoms with van der Waals surface area (Å²) < 4.78 is 24.5. The largest absolute Gasteiger partial charge is 0.393 e. The van der Waals surface area contributed by atoms with Crippen molar-refractivity contribution in [1.82, 2.24) is 0 Å². The first kappa shape index (κ1) is 8.87. The van der Waals surface area contributed by atoms with Crippen molar-refractivity contribution < 1.29 is 13.9 Å². The molecule has 0 heterocycles. The topological polar surface area (TPSA) is 46.2 Å². The van der Waals surface area contributed by atoms with Crippen LogP contribution in [0, 0.1) is 5.92 Å². The average Bonchev–Trinajstić information content (AvgIpc) is 1.83. The molecule has 0 aromatic rings. The molecule has 1 rings (SSSR count).